The number of nitrogens with zero attached hydrogens (tertiary/aromatic N) is 2. The minimum absolute atomic E-state index is 0.162. The second-order valence-electron chi connectivity index (χ2n) is 9.01. The van der Waals surface area contributed by atoms with E-state index < -0.39 is 0 Å². The zero-order valence-corrected chi connectivity index (χ0v) is 19.2. The molecule has 1 saturated carbocycles. The van der Waals surface area contributed by atoms with E-state index in [2.05, 4.69) is 10.3 Å². The van der Waals surface area contributed by atoms with Crippen molar-refractivity contribution in [1.29, 1.82) is 0 Å². The number of benzene rings is 2. The number of ether oxygens (including phenoxy) is 1. The molecule has 1 aliphatic heterocycles. The summed E-state index contributed by atoms with van der Waals surface area (Å²) in [6.07, 6.45) is 6.20. The minimum Gasteiger partial charge on any atom is -0.457 e. The zero-order chi connectivity index (χ0) is 23.3. The molecule has 0 atom stereocenters. The lowest BCUT2D eigenvalue weighted by molar-refractivity contribution is 0.0913. The summed E-state index contributed by atoms with van der Waals surface area (Å²) in [6.45, 7) is 1.71. The highest BCUT2D eigenvalue weighted by Gasteiger charge is 2.21. The lowest BCUT2D eigenvalue weighted by Crippen LogP contribution is -2.38. The Kier molecular flexibility index (Phi) is 6.51. The smallest absolute Gasteiger partial charge is 0.287 e. The summed E-state index contributed by atoms with van der Waals surface area (Å²) in [5.74, 6) is 3.36. The van der Waals surface area contributed by atoms with Gasteiger partial charge in [-0.3, -0.25) is 4.79 Å². The van der Waals surface area contributed by atoms with Gasteiger partial charge in [0.25, 0.3) is 5.91 Å². The number of furan rings is 1. The molecule has 1 fully saturated rings. The topological polar surface area (TPSA) is 93.1 Å². The molecule has 2 heterocycles. The van der Waals surface area contributed by atoms with Gasteiger partial charge in [-0.1, -0.05) is 37.5 Å². The number of hydrogen-bond acceptors (Lipinski definition) is 6. The van der Waals surface area contributed by atoms with Crippen molar-refractivity contribution in [1.82, 2.24) is 10.2 Å². The number of guanidine groups is 1. The third-order valence-electron chi connectivity index (χ3n) is 6.46. The molecule has 5 rings (SSSR count). The molecule has 0 radical (unpaired) electrons. The van der Waals surface area contributed by atoms with E-state index in [0.717, 1.165) is 22.7 Å². The SMILES string of the molecule is NC1=Nc2ccc(Oc3ccccc3)cc2CN1Cc1ccc(C(=O)NCC2CCCCC2)o1. The molecule has 0 spiro atoms. The van der Waals surface area contributed by atoms with Crippen LogP contribution in [0.4, 0.5) is 5.69 Å². The van der Waals surface area contributed by atoms with Gasteiger partial charge >= 0.3 is 0 Å². The monoisotopic (exact) mass is 458 g/mol. The molecule has 1 aliphatic carbocycles. The Morgan fingerprint density at radius 1 is 1.06 bits per heavy atom. The molecule has 3 N–H and O–H groups in total. The predicted octanol–water partition coefficient (Wildman–Crippen LogP) is 5.34. The van der Waals surface area contributed by atoms with Crippen LogP contribution < -0.4 is 15.8 Å². The average molecular weight is 459 g/mol. The number of nitrogens with two attached hydrogens (primary N) is 1. The van der Waals surface area contributed by atoms with Crippen molar-refractivity contribution in [3.05, 3.63) is 77.7 Å². The van der Waals surface area contributed by atoms with Gasteiger partial charge < -0.3 is 25.1 Å². The first-order valence-electron chi connectivity index (χ1n) is 12.0. The number of amides is 1. The molecule has 3 aromatic rings. The van der Waals surface area contributed by atoms with Crippen molar-refractivity contribution >= 4 is 17.6 Å². The fourth-order valence-corrected chi connectivity index (χ4v) is 4.59. The average Bonchev–Trinajstić information content (AvgIpc) is 3.33. The van der Waals surface area contributed by atoms with Crippen LogP contribution in [-0.4, -0.2) is 23.3 Å². The lowest BCUT2D eigenvalue weighted by Gasteiger charge is -2.27. The molecule has 176 valence electrons. The number of carbonyl (C=O) groups is 1. The van der Waals surface area contributed by atoms with Gasteiger partial charge in [-0.25, -0.2) is 4.99 Å². The predicted molar refractivity (Wildman–Crippen MR) is 131 cm³/mol. The van der Waals surface area contributed by atoms with Gasteiger partial charge in [-0.15, -0.1) is 0 Å². The van der Waals surface area contributed by atoms with Crippen LogP contribution in [0.1, 0.15) is 54.0 Å². The van der Waals surface area contributed by atoms with Gasteiger partial charge in [0.1, 0.15) is 17.3 Å². The molecular formula is C27H30N4O3. The first kappa shape index (κ1) is 22.1. The maximum atomic E-state index is 12.5. The van der Waals surface area contributed by atoms with Crippen LogP contribution in [0.3, 0.4) is 0 Å². The molecule has 0 unspecified atom stereocenters. The Morgan fingerprint density at radius 3 is 2.71 bits per heavy atom. The summed E-state index contributed by atoms with van der Waals surface area (Å²) < 4.78 is 11.8. The molecule has 7 nitrogen and oxygen atoms in total. The Hall–Kier alpha value is -3.74. The highest BCUT2D eigenvalue weighted by atomic mass is 16.5. The molecule has 34 heavy (non-hydrogen) atoms. The fraction of sp³-hybridized carbons (Fsp3) is 0.333. The summed E-state index contributed by atoms with van der Waals surface area (Å²) in [5.41, 5.74) is 8.07. The van der Waals surface area contributed by atoms with Crippen LogP contribution in [0.15, 0.2) is 70.1 Å². The quantitative estimate of drug-likeness (QED) is 0.498. The fourth-order valence-electron chi connectivity index (χ4n) is 4.59. The standard InChI is InChI=1S/C27H30N4O3/c28-27-30-24-13-11-22(33-21-9-5-2-6-10-21)15-20(24)17-31(27)18-23-12-14-25(34-23)26(32)29-16-19-7-3-1-4-8-19/h2,5-6,9-15,19H,1,3-4,7-8,16-18H2,(H2,28,30)(H,29,32). The molecule has 2 aromatic carbocycles. The largest absolute Gasteiger partial charge is 0.457 e. The first-order valence-corrected chi connectivity index (χ1v) is 12.0. The van der Waals surface area contributed by atoms with E-state index in [1.807, 2.05) is 59.5 Å². The van der Waals surface area contributed by atoms with Crippen molar-refractivity contribution in [3.63, 3.8) is 0 Å². The van der Waals surface area contributed by atoms with Crippen molar-refractivity contribution in [2.75, 3.05) is 6.54 Å². The van der Waals surface area contributed by atoms with Gasteiger partial charge in [0.15, 0.2) is 11.7 Å². The van der Waals surface area contributed by atoms with Gasteiger partial charge in [0.05, 0.1) is 12.2 Å². The van der Waals surface area contributed by atoms with E-state index in [1.165, 1.54) is 32.1 Å². The van der Waals surface area contributed by atoms with E-state index >= 15 is 0 Å². The number of hydrogen-bond donors (Lipinski definition) is 2. The van der Waals surface area contributed by atoms with Gasteiger partial charge in [0, 0.05) is 18.7 Å². The number of aliphatic imine (C=N–C) groups is 1. The Labute approximate surface area is 199 Å². The second kappa shape index (κ2) is 10.0. The Balaban J connectivity index is 1.21. The Morgan fingerprint density at radius 2 is 1.88 bits per heavy atom. The van der Waals surface area contributed by atoms with Crippen LogP contribution in [0.25, 0.3) is 0 Å². The van der Waals surface area contributed by atoms with Crippen LogP contribution in [0.5, 0.6) is 11.5 Å². The third kappa shape index (κ3) is 5.25. The molecule has 0 saturated heterocycles. The first-order chi connectivity index (χ1) is 16.6. The van der Waals surface area contributed by atoms with E-state index in [0.29, 0.717) is 43.0 Å². The summed E-state index contributed by atoms with van der Waals surface area (Å²) in [4.78, 5) is 19.0. The van der Waals surface area contributed by atoms with Gasteiger partial charge in [0.2, 0.25) is 0 Å². The van der Waals surface area contributed by atoms with E-state index in [4.69, 9.17) is 14.9 Å². The molecular weight excluding hydrogens is 428 g/mol. The van der Waals surface area contributed by atoms with Crippen LogP contribution in [-0.2, 0) is 13.1 Å². The third-order valence-corrected chi connectivity index (χ3v) is 6.46. The number of para-hydroxylation sites is 1. The van der Waals surface area contributed by atoms with E-state index in [-0.39, 0.29) is 5.91 Å². The highest BCUT2D eigenvalue weighted by molar-refractivity contribution is 5.91. The molecule has 2 aliphatic rings. The second-order valence-corrected chi connectivity index (χ2v) is 9.01. The van der Waals surface area contributed by atoms with E-state index in [1.54, 1.807) is 6.07 Å². The number of nitrogens with one attached hydrogen (secondary N) is 1. The van der Waals surface area contributed by atoms with Crippen molar-refractivity contribution in [3.8, 4) is 11.5 Å². The van der Waals surface area contributed by atoms with E-state index in [9.17, 15) is 4.79 Å². The Bertz CT molecular complexity index is 1170. The summed E-state index contributed by atoms with van der Waals surface area (Å²) in [6, 6.07) is 19.0. The van der Waals surface area contributed by atoms with Gasteiger partial charge in [-0.2, -0.15) is 0 Å². The van der Waals surface area contributed by atoms with Crippen molar-refractivity contribution < 1.29 is 13.9 Å². The van der Waals surface area contributed by atoms with Crippen molar-refractivity contribution in [2.24, 2.45) is 16.6 Å². The van der Waals surface area contributed by atoms with Crippen LogP contribution in [0, 0.1) is 5.92 Å². The maximum Gasteiger partial charge on any atom is 0.287 e. The highest BCUT2D eigenvalue weighted by Crippen LogP contribution is 2.32. The molecule has 7 heteroatoms. The lowest BCUT2D eigenvalue weighted by atomic mass is 9.89. The molecule has 1 aromatic heterocycles. The maximum absolute atomic E-state index is 12.5. The number of fused-ring (bicyclic) bond motifs is 1. The summed E-state index contributed by atoms with van der Waals surface area (Å²) in [7, 11) is 0. The summed E-state index contributed by atoms with van der Waals surface area (Å²) in [5, 5.41) is 3.02. The minimum atomic E-state index is -0.162. The number of rotatable bonds is 7. The molecule has 0 bridgehead atoms. The summed E-state index contributed by atoms with van der Waals surface area (Å²) >= 11 is 0. The van der Waals surface area contributed by atoms with Crippen LogP contribution in [0.2, 0.25) is 0 Å². The normalized spacial score (nSPS) is 16.0. The van der Waals surface area contributed by atoms with Gasteiger partial charge in [-0.05, 0) is 61.2 Å². The molecule has 1 amide bonds. The number of carbonyl (C=O) groups excluding carboxylic acids is 1. The zero-order valence-electron chi connectivity index (χ0n) is 19.2. The van der Waals surface area contributed by atoms with Crippen molar-refractivity contribution in [2.45, 2.75) is 45.2 Å². The van der Waals surface area contributed by atoms with Crippen LogP contribution >= 0.6 is 0 Å².